The molecule has 16 nitrogen and oxygen atoms in total. The number of hydrazone groups is 1. The molecule has 0 atom stereocenters. The molecular formula is C38H29N7O9S. The van der Waals surface area contributed by atoms with E-state index in [0.29, 0.717) is 33.9 Å². The predicted molar refractivity (Wildman–Crippen MR) is 205 cm³/mol. The van der Waals surface area contributed by atoms with Gasteiger partial charge in [-0.2, -0.15) is 23.7 Å². The molecule has 0 aliphatic heterocycles. The fraction of sp³-hybridized carbons (Fsp3) is 0.0263. The Morgan fingerprint density at radius 2 is 1.35 bits per heavy atom. The van der Waals surface area contributed by atoms with Crippen molar-refractivity contribution in [1.82, 2.24) is 0 Å². The van der Waals surface area contributed by atoms with Crippen LogP contribution in [0.3, 0.4) is 0 Å². The third-order valence-electron chi connectivity index (χ3n) is 8.12. The number of hydrogen-bond acceptors (Lipinski definition) is 12. The van der Waals surface area contributed by atoms with Gasteiger partial charge in [0.1, 0.15) is 16.2 Å². The fourth-order valence-electron chi connectivity index (χ4n) is 5.29. The van der Waals surface area contributed by atoms with Crippen molar-refractivity contribution < 1.29 is 42.4 Å². The van der Waals surface area contributed by atoms with E-state index in [1.165, 1.54) is 54.6 Å². The van der Waals surface area contributed by atoms with E-state index >= 15 is 0 Å². The van der Waals surface area contributed by atoms with Crippen molar-refractivity contribution in [3.05, 3.63) is 141 Å². The maximum Gasteiger partial charge on any atom is 0.339 e. The van der Waals surface area contributed by atoms with Gasteiger partial charge in [-0.15, -0.1) is 0 Å². The molecule has 5 aromatic rings. The SMILES string of the molecule is Cc1cc(NN=C2C(=O)c3ccc(NC(=O)c4ccc(N)cc4)cc3C=C2S(=O)(=O)O)ccc1N=Nc1ccc(C(=O)Nc2ccc(O)c(C(=O)O)c2)cc1. The largest absolute Gasteiger partial charge is 0.507 e. The number of anilines is 4. The molecule has 1 aliphatic carbocycles. The number of fused-ring (bicyclic) bond motifs is 1. The second-order valence-corrected chi connectivity index (χ2v) is 13.4. The molecule has 2 amide bonds. The number of phenols is 1. The van der Waals surface area contributed by atoms with Gasteiger partial charge >= 0.3 is 5.97 Å². The molecule has 0 unspecified atom stereocenters. The van der Waals surface area contributed by atoms with E-state index in [1.807, 2.05) is 0 Å². The summed E-state index contributed by atoms with van der Waals surface area (Å²) < 4.78 is 34.7. The van der Waals surface area contributed by atoms with Crippen LogP contribution in [0.25, 0.3) is 6.08 Å². The number of Topliss-reactive ketones (excluding diaryl/α,β-unsaturated/α-hetero) is 1. The summed E-state index contributed by atoms with van der Waals surface area (Å²) in [5, 5.41) is 36.6. The number of nitrogens with zero attached hydrogens (tertiary/aromatic N) is 3. The molecule has 0 radical (unpaired) electrons. The Kier molecular flexibility index (Phi) is 10.3. The van der Waals surface area contributed by atoms with Crippen LogP contribution < -0.4 is 21.8 Å². The van der Waals surface area contributed by atoms with Gasteiger partial charge in [0.05, 0.1) is 17.1 Å². The van der Waals surface area contributed by atoms with Gasteiger partial charge in [0.25, 0.3) is 21.9 Å². The molecule has 0 bridgehead atoms. The number of aromatic hydroxyl groups is 1. The summed E-state index contributed by atoms with van der Waals surface area (Å²) in [5.74, 6) is -3.53. The third kappa shape index (κ3) is 8.60. The van der Waals surface area contributed by atoms with Crippen molar-refractivity contribution >= 4 is 79.6 Å². The first kappa shape index (κ1) is 37.3. The van der Waals surface area contributed by atoms with Crippen LogP contribution in [0.2, 0.25) is 0 Å². The quantitative estimate of drug-likeness (QED) is 0.0256. The van der Waals surface area contributed by atoms with Crippen molar-refractivity contribution in [2.45, 2.75) is 6.92 Å². The van der Waals surface area contributed by atoms with Gasteiger partial charge in [-0.3, -0.25) is 24.4 Å². The number of carboxylic acids is 1. The van der Waals surface area contributed by atoms with E-state index in [4.69, 9.17) is 5.73 Å². The van der Waals surface area contributed by atoms with Gasteiger partial charge in [0.15, 0.2) is 5.71 Å². The van der Waals surface area contributed by atoms with Crippen LogP contribution >= 0.6 is 0 Å². The van der Waals surface area contributed by atoms with E-state index in [-0.39, 0.29) is 33.6 Å². The van der Waals surface area contributed by atoms with Gasteiger partial charge in [-0.25, -0.2) is 4.79 Å². The Balaban J connectivity index is 1.13. The van der Waals surface area contributed by atoms with Crippen LogP contribution in [-0.2, 0) is 10.1 Å². The number of carbonyl (C=O) groups is 4. The summed E-state index contributed by atoms with van der Waals surface area (Å²) in [6.45, 7) is 1.73. The molecule has 8 N–H and O–H groups in total. The molecule has 1 aliphatic rings. The number of aromatic carboxylic acids is 1. The minimum atomic E-state index is -4.92. The summed E-state index contributed by atoms with van der Waals surface area (Å²) in [6.07, 6.45) is 1.09. The Morgan fingerprint density at radius 3 is 1.96 bits per heavy atom. The fourth-order valence-corrected chi connectivity index (χ4v) is 5.95. The van der Waals surface area contributed by atoms with Gasteiger partial charge in [-0.1, -0.05) is 0 Å². The summed E-state index contributed by atoms with van der Waals surface area (Å²) in [5.41, 5.74) is 11.0. The Labute approximate surface area is 312 Å². The third-order valence-corrected chi connectivity index (χ3v) is 8.99. The highest BCUT2D eigenvalue weighted by molar-refractivity contribution is 7.91. The number of allylic oxidation sites excluding steroid dienone is 1. The Morgan fingerprint density at radius 1 is 0.745 bits per heavy atom. The number of aryl methyl sites for hydroxylation is 1. The molecule has 0 spiro atoms. The maximum absolute atomic E-state index is 13.4. The number of hydrogen-bond donors (Lipinski definition) is 7. The number of nitrogen functional groups attached to an aromatic ring is 1. The van der Waals surface area contributed by atoms with Gasteiger partial charge in [0, 0.05) is 33.8 Å². The number of carboxylic acid groups (broad SMARTS) is 1. The smallest absolute Gasteiger partial charge is 0.339 e. The molecule has 0 saturated carbocycles. The average Bonchev–Trinajstić information content (AvgIpc) is 3.14. The summed E-state index contributed by atoms with van der Waals surface area (Å²) in [4.78, 5) is 49.3. The molecule has 0 aromatic heterocycles. The molecule has 0 heterocycles. The van der Waals surface area contributed by atoms with Crippen LogP contribution in [0.1, 0.15) is 52.6 Å². The lowest BCUT2D eigenvalue weighted by molar-refractivity contribution is 0.0693. The van der Waals surface area contributed by atoms with Crippen molar-refractivity contribution in [3.63, 3.8) is 0 Å². The van der Waals surface area contributed by atoms with Crippen LogP contribution in [-0.4, -0.2) is 52.5 Å². The molecule has 17 heteroatoms. The first-order chi connectivity index (χ1) is 26.2. The molecule has 55 heavy (non-hydrogen) atoms. The summed E-state index contributed by atoms with van der Waals surface area (Å²) >= 11 is 0. The van der Waals surface area contributed by atoms with Crippen LogP contribution in [0.5, 0.6) is 5.75 Å². The highest BCUT2D eigenvalue weighted by Crippen LogP contribution is 2.30. The van der Waals surface area contributed by atoms with Gasteiger partial charge < -0.3 is 26.6 Å². The van der Waals surface area contributed by atoms with Gasteiger partial charge in [-0.05, 0) is 127 Å². The highest BCUT2D eigenvalue weighted by Gasteiger charge is 2.33. The van der Waals surface area contributed by atoms with E-state index in [2.05, 4.69) is 31.4 Å². The lowest BCUT2D eigenvalue weighted by atomic mass is 9.94. The number of carbonyl (C=O) groups excluding carboxylic acids is 3. The maximum atomic E-state index is 13.4. The summed E-state index contributed by atoms with van der Waals surface area (Å²) in [7, 11) is -4.92. The van der Waals surface area contributed by atoms with E-state index in [9.17, 15) is 42.4 Å². The average molecular weight is 760 g/mol. The standard InChI is InChI=1S/C38H29N7O9S/c1-20-16-28(11-14-31(20)44-42-25-8-4-22(5-9-25)37(49)41-27-12-15-32(46)30(19-27)38(50)51)43-45-34-33(55(52,53)54)18-23-17-26(10-13-29(23)35(34)47)40-36(48)21-2-6-24(39)7-3-21/h2-19,43,46H,39H2,1H3,(H,40,48)(H,41,49)(H,50,51)(H,52,53,54). The van der Waals surface area contributed by atoms with Gasteiger partial charge in [0.2, 0.25) is 5.78 Å². The Bertz CT molecular complexity index is 2600. The monoisotopic (exact) mass is 759 g/mol. The number of nitrogens with one attached hydrogen (secondary N) is 3. The molecule has 0 fully saturated rings. The lowest BCUT2D eigenvalue weighted by Gasteiger charge is -2.17. The lowest BCUT2D eigenvalue weighted by Crippen LogP contribution is -2.27. The normalized spacial score (nSPS) is 13.2. The zero-order chi connectivity index (χ0) is 39.4. The van der Waals surface area contributed by atoms with Crippen LogP contribution in [0, 0.1) is 6.92 Å². The van der Waals surface area contributed by atoms with E-state index in [1.54, 1.807) is 49.4 Å². The topological polar surface area (TPSA) is 262 Å². The predicted octanol–water partition coefficient (Wildman–Crippen LogP) is 6.79. The van der Waals surface area contributed by atoms with Crippen LogP contribution in [0.4, 0.5) is 34.1 Å². The Hall–Kier alpha value is -7.50. The first-order valence-electron chi connectivity index (χ1n) is 16.1. The second kappa shape index (κ2) is 15.2. The summed E-state index contributed by atoms with van der Waals surface area (Å²) in [6, 6.07) is 25.1. The number of azo groups is 1. The van der Waals surface area contributed by atoms with Crippen LogP contribution in [0.15, 0.2) is 123 Å². The van der Waals surface area contributed by atoms with Crippen molar-refractivity contribution in [3.8, 4) is 5.75 Å². The molecule has 276 valence electrons. The van der Waals surface area contributed by atoms with Crippen molar-refractivity contribution in [2.24, 2.45) is 15.3 Å². The van der Waals surface area contributed by atoms with Crippen molar-refractivity contribution in [1.29, 1.82) is 0 Å². The van der Waals surface area contributed by atoms with E-state index in [0.717, 1.165) is 12.1 Å². The minimum Gasteiger partial charge on any atom is -0.507 e. The minimum absolute atomic E-state index is 0.0886. The molecule has 0 saturated heterocycles. The second-order valence-electron chi connectivity index (χ2n) is 12.0. The number of amides is 2. The number of ketones is 1. The number of nitrogens with two attached hydrogens (primary N) is 1. The first-order valence-corrected chi connectivity index (χ1v) is 17.5. The number of rotatable bonds is 10. The van der Waals surface area contributed by atoms with Crippen molar-refractivity contribution in [2.75, 3.05) is 21.8 Å². The molecule has 6 rings (SSSR count). The molecule has 5 aromatic carbocycles. The highest BCUT2D eigenvalue weighted by atomic mass is 32.2. The number of benzene rings is 5. The zero-order valence-corrected chi connectivity index (χ0v) is 29.3. The zero-order valence-electron chi connectivity index (χ0n) is 28.5. The van der Waals surface area contributed by atoms with E-state index < -0.39 is 50.1 Å². The molecular weight excluding hydrogens is 731 g/mol.